The lowest BCUT2D eigenvalue weighted by Gasteiger charge is -2.07. The van der Waals surface area contributed by atoms with E-state index >= 15 is 0 Å². The summed E-state index contributed by atoms with van der Waals surface area (Å²) in [5.41, 5.74) is 1.35. The molecule has 0 aliphatic heterocycles. The molecular formula is C11H12O4. The summed E-state index contributed by atoms with van der Waals surface area (Å²) in [6.07, 6.45) is 0. The third-order valence-corrected chi connectivity index (χ3v) is 1.93. The van der Waals surface area contributed by atoms with Gasteiger partial charge in [-0.2, -0.15) is 0 Å². The van der Waals surface area contributed by atoms with Crippen molar-refractivity contribution in [3.63, 3.8) is 0 Å². The number of benzene rings is 1. The highest BCUT2D eigenvalue weighted by Crippen LogP contribution is 2.19. The number of rotatable bonds is 4. The first-order valence-corrected chi connectivity index (χ1v) is 4.47. The molecule has 4 heteroatoms. The predicted octanol–water partition coefficient (Wildman–Crippen LogP) is 1.66. The van der Waals surface area contributed by atoms with E-state index in [1.165, 1.54) is 6.92 Å². The van der Waals surface area contributed by atoms with Crippen LogP contribution >= 0.6 is 0 Å². The quantitative estimate of drug-likeness (QED) is 0.764. The maximum Gasteiger partial charge on any atom is 0.341 e. The van der Waals surface area contributed by atoms with Gasteiger partial charge in [0.25, 0.3) is 0 Å². The number of carbonyl (C=O) groups is 2. The number of ketones is 1. The fourth-order valence-electron chi connectivity index (χ4n) is 1.17. The van der Waals surface area contributed by atoms with Gasteiger partial charge in [-0.1, -0.05) is 0 Å². The first kappa shape index (κ1) is 11.2. The molecule has 1 aromatic rings. The number of carbonyl (C=O) groups excluding carboxylic acids is 1. The van der Waals surface area contributed by atoms with Crippen LogP contribution in [0.1, 0.15) is 22.8 Å². The lowest BCUT2D eigenvalue weighted by atomic mass is 10.1. The molecule has 0 atom stereocenters. The number of Topliss-reactive ketones (excluding diaryl/α,β-unsaturated/α-hetero) is 1. The molecule has 0 aromatic heterocycles. The van der Waals surface area contributed by atoms with E-state index in [1.807, 2.05) is 0 Å². The Labute approximate surface area is 87.5 Å². The third-order valence-electron chi connectivity index (χ3n) is 1.93. The standard InChI is InChI=1S/C11H12O4/c1-7-5-9(8(2)12)3-4-10(7)15-6-11(13)14/h3-5H,6H2,1-2H3,(H,13,14). The van der Waals surface area contributed by atoms with E-state index in [0.29, 0.717) is 11.3 Å². The molecular weight excluding hydrogens is 196 g/mol. The summed E-state index contributed by atoms with van der Waals surface area (Å²) >= 11 is 0. The van der Waals surface area contributed by atoms with Crippen molar-refractivity contribution in [1.82, 2.24) is 0 Å². The number of aryl methyl sites for hydroxylation is 1. The van der Waals surface area contributed by atoms with Gasteiger partial charge in [0.1, 0.15) is 5.75 Å². The fraction of sp³-hybridized carbons (Fsp3) is 0.273. The van der Waals surface area contributed by atoms with Crippen molar-refractivity contribution in [2.45, 2.75) is 13.8 Å². The van der Waals surface area contributed by atoms with E-state index in [9.17, 15) is 9.59 Å². The van der Waals surface area contributed by atoms with Crippen molar-refractivity contribution >= 4 is 11.8 Å². The minimum atomic E-state index is -1.02. The van der Waals surface area contributed by atoms with E-state index in [1.54, 1.807) is 25.1 Å². The van der Waals surface area contributed by atoms with Crippen LogP contribution in [0.4, 0.5) is 0 Å². The number of carboxylic acid groups (broad SMARTS) is 1. The second-order valence-electron chi connectivity index (χ2n) is 3.22. The van der Waals surface area contributed by atoms with E-state index < -0.39 is 5.97 Å². The highest BCUT2D eigenvalue weighted by atomic mass is 16.5. The van der Waals surface area contributed by atoms with Crippen molar-refractivity contribution in [2.24, 2.45) is 0 Å². The van der Waals surface area contributed by atoms with Gasteiger partial charge in [0.2, 0.25) is 0 Å². The summed E-state index contributed by atoms with van der Waals surface area (Å²) in [5, 5.41) is 8.43. The van der Waals surface area contributed by atoms with Crippen LogP contribution in [-0.2, 0) is 4.79 Å². The summed E-state index contributed by atoms with van der Waals surface area (Å²) in [6, 6.07) is 4.90. The molecule has 0 bridgehead atoms. The molecule has 0 saturated carbocycles. The summed E-state index contributed by atoms with van der Waals surface area (Å²) < 4.78 is 5.02. The number of carboxylic acids is 1. The molecule has 80 valence electrons. The molecule has 0 radical (unpaired) electrons. The van der Waals surface area contributed by atoms with Crippen molar-refractivity contribution in [2.75, 3.05) is 6.61 Å². The van der Waals surface area contributed by atoms with E-state index in [4.69, 9.17) is 9.84 Å². The molecule has 4 nitrogen and oxygen atoms in total. The topological polar surface area (TPSA) is 63.6 Å². The minimum Gasteiger partial charge on any atom is -0.482 e. The van der Waals surface area contributed by atoms with Crippen LogP contribution in [0.25, 0.3) is 0 Å². The Bertz CT molecular complexity index is 396. The molecule has 0 aliphatic rings. The predicted molar refractivity (Wildman–Crippen MR) is 54.3 cm³/mol. The van der Waals surface area contributed by atoms with Gasteiger partial charge < -0.3 is 9.84 Å². The summed E-state index contributed by atoms with van der Waals surface area (Å²) in [5.74, 6) is -0.560. The first-order valence-electron chi connectivity index (χ1n) is 4.47. The number of hydrogen-bond donors (Lipinski definition) is 1. The molecule has 0 heterocycles. The molecule has 0 saturated heterocycles. The molecule has 15 heavy (non-hydrogen) atoms. The molecule has 0 fully saturated rings. The first-order chi connectivity index (χ1) is 7.00. The summed E-state index contributed by atoms with van der Waals surface area (Å²) in [4.78, 5) is 21.3. The maximum atomic E-state index is 11.0. The van der Waals surface area contributed by atoms with Gasteiger partial charge >= 0.3 is 5.97 Å². The van der Waals surface area contributed by atoms with Crippen LogP contribution in [0.15, 0.2) is 18.2 Å². The average Bonchev–Trinajstić information content (AvgIpc) is 2.15. The van der Waals surface area contributed by atoms with Crippen molar-refractivity contribution < 1.29 is 19.4 Å². The largest absolute Gasteiger partial charge is 0.482 e. The van der Waals surface area contributed by atoms with Gasteiger partial charge in [-0.25, -0.2) is 4.79 Å². The lowest BCUT2D eigenvalue weighted by Crippen LogP contribution is -2.10. The zero-order chi connectivity index (χ0) is 11.4. The van der Waals surface area contributed by atoms with Crippen LogP contribution in [0, 0.1) is 6.92 Å². The third kappa shape index (κ3) is 3.09. The maximum absolute atomic E-state index is 11.0. The average molecular weight is 208 g/mol. The molecule has 1 N–H and O–H groups in total. The summed E-state index contributed by atoms with van der Waals surface area (Å²) in [6.45, 7) is 2.87. The summed E-state index contributed by atoms with van der Waals surface area (Å²) in [7, 11) is 0. The Hall–Kier alpha value is -1.84. The Morgan fingerprint density at radius 1 is 1.40 bits per heavy atom. The Morgan fingerprint density at radius 3 is 2.53 bits per heavy atom. The van der Waals surface area contributed by atoms with E-state index in [2.05, 4.69) is 0 Å². The van der Waals surface area contributed by atoms with E-state index in [-0.39, 0.29) is 12.4 Å². The number of aliphatic carboxylic acids is 1. The van der Waals surface area contributed by atoms with Crippen LogP contribution in [-0.4, -0.2) is 23.5 Å². The SMILES string of the molecule is CC(=O)c1ccc(OCC(=O)O)c(C)c1. The smallest absolute Gasteiger partial charge is 0.341 e. The van der Waals surface area contributed by atoms with E-state index in [0.717, 1.165) is 5.56 Å². The monoisotopic (exact) mass is 208 g/mol. The second-order valence-corrected chi connectivity index (χ2v) is 3.22. The molecule has 1 aromatic carbocycles. The highest BCUT2D eigenvalue weighted by molar-refractivity contribution is 5.94. The van der Waals surface area contributed by atoms with Crippen molar-refractivity contribution in [1.29, 1.82) is 0 Å². The molecule has 0 aliphatic carbocycles. The lowest BCUT2D eigenvalue weighted by molar-refractivity contribution is -0.139. The molecule has 0 unspecified atom stereocenters. The van der Waals surface area contributed by atoms with Gasteiger partial charge in [-0.05, 0) is 37.6 Å². The Balaban J connectivity index is 2.83. The molecule has 1 rings (SSSR count). The van der Waals surface area contributed by atoms with Crippen LogP contribution in [0.2, 0.25) is 0 Å². The normalized spacial score (nSPS) is 9.73. The van der Waals surface area contributed by atoms with Crippen LogP contribution in [0.5, 0.6) is 5.75 Å². The second kappa shape index (κ2) is 4.59. The molecule has 0 amide bonds. The Kier molecular flexibility index (Phi) is 3.44. The zero-order valence-electron chi connectivity index (χ0n) is 8.61. The van der Waals surface area contributed by atoms with Gasteiger partial charge in [0.05, 0.1) is 0 Å². The van der Waals surface area contributed by atoms with Gasteiger partial charge in [-0.15, -0.1) is 0 Å². The highest BCUT2D eigenvalue weighted by Gasteiger charge is 2.05. The Morgan fingerprint density at radius 2 is 2.07 bits per heavy atom. The van der Waals surface area contributed by atoms with Crippen LogP contribution in [0.3, 0.4) is 0 Å². The van der Waals surface area contributed by atoms with Gasteiger partial charge in [0, 0.05) is 5.56 Å². The van der Waals surface area contributed by atoms with Gasteiger partial charge in [-0.3, -0.25) is 4.79 Å². The van der Waals surface area contributed by atoms with Crippen molar-refractivity contribution in [3.05, 3.63) is 29.3 Å². The van der Waals surface area contributed by atoms with Crippen molar-refractivity contribution in [3.8, 4) is 5.75 Å². The van der Waals surface area contributed by atoms with Gasteiger partial charge in [0.15, 0.2) is 12.4 Å². The minimum absolute atomic E-state index is 0.0251. The van der Waals surface area contributed by atoms with Crippen LogP contribution < -0.4 is 4.74 Å². The fourth-order valence-corrected chi connectivity index (χ4v) is 1.17. The number of ether oxygens (including phenoxy) is 1. The zero-order valence-corrected chi connectivity index (χ0v) is 8.61. The molecule has 0 spiro atoms. The number of hydrogen-bond acceptors (Lipinski definition) is 3.